The summed E-state index contributed by atoms with van der Waals surface area (Å²) >= 11 is 0. The second-order valence-corrected chi connectivity index (χ2v) is 5.46. The van der Waals surface area contributed by atoms with Crippen molar-refractivity contribution in [1.29, 1.82) is 0 Å². The third kappa shape index (κ3) is 5.31. The minimum atomic E-state index is -0.615. The topological polar surface area (TPSA) is 75.7 Å². The highest BCUT2D eigenvalue weighted by Gasteiger charge is 2.21. The molecule has 0 radical (unpaired) electrons. The van der Waals surface area contributed by atoms with Crippen molar-refractivity contribution in [2.24, 2.45) is 0 Å². The van der Waals surface area contributed by atoms with Crippen LogP contribution in [0.25, 0.3) is 0 Å². The molecule has 26 heavy (non-hydrogen) atoms. The molecule has 6 nitrogen and oxygen atoms in total. The third-order valence-corrected chi connectivity index (χ3v) is 3.50. The zero-order valence-corrected chi connectivity index (χ0v) is 14.6. The van der Waals surface area contributed by atoms with E-state index < -0.39 is 11.9 Å². The van der Waals surface area contributed by atoms with Crippen molar-refractivity contribution in [1.82, 2.24) is 5.32 Å². The van der Waals surface area contributed by atoms with Gasteiger partial charge in [0.15, 0.2) is 5.78 Å². The average Bonchev–Trinajstić information content (AvgIpc) is 2.66. The van der Waals surface area contributed by atoms with Crippen LogP contribution in [0.15, 0.2) is 66.7 Å². The molecule has 0 spiro atoms. The molecule has 0 unspecified atom stereocenters. The minimum absolute atomic E-state index is 0.274. The number of allylic oxidation sites excluding steroid dienone is 1. The van der Waals surface area contributed by atoms with Gasteiger partial charge >= 0.3 is 6.03 Å². The molecule has 0 saturated heterocycles. The minimum Gasteiger partial charge on any atom is -0.497 e. The van der Waals surface area contributed by atoms with Crippen LogP contribution in [-0.4, -0.2) is 24.8 Å². The van der Waals surface area contributed by atoms with Crippen molar-refractivity contribution in [3.05, 3.63) is 72.3 Å². The maximum atomic E-state index is 12.6. The molecule has 0 bridgehead atoms. The van der Waals surface area contributed by atoms with Crippen molar-refractivity contribution >= 4 is 23.4 Å². The Morgan fingerprint density at radius 3 is 2.23 bits per heavy atom. The lowest BCUT2D eigenvalue weighted by Crippen LogP contribution is -2.43. The summed E-state index contributed by atoms with van der Waals surface area (Å²) in [6.07, 6.45) is 2.21. The predicted octanol–water partition coefficient (Wildman–Crippen LogP) is 3.08. The number of imide groups is 1. The van der Waals surface area contributed by atoms with Gasteiger partial charge in [-0.05, 0) is 42.8 Å². The van der Waals surface area contributed by atoms with Crippen LogP contribution in [-0.2, 0) is 16.1 Å². The van der Waals surface area contributed by atoms with E-state index in [0.29, 0.717) is 11.4 Å². The summed E-state index contributed by atoms with van der Waals surface area (Å²) in [5.74, 6) is -0.293. The fourth-order valence-electron chi connectivity index (χ4n) is 2.19. The molecule has 0 fully saturated rings. The molecule has 0 aromatic heterocycles. The van der Waals surface area contributed by atoms with Crippen molar-refractivity contribution in [2.45, 2.75) is 13.5 Å². The second kappa shape index (κ2) is 9.17. The van der Waals surface area contributed by atoms with Gasteiger partial charge in [0, 0.05) is 12.6 Å². The monoisotopic (exact) mass is 352 g/mol. The maximum absolute atomic E-state index is 12.6. The first kappa shape index (κ1) is 18.9. The molecule has 2 aromatic rings. The number of hydrogen-bond acceptors (Lipinski definition) is 4. The highest BCUT2D eigenvalue weighted by atomic mass is 16.5. The Morgan fingerprint density at radius 2 is 1.65 bits per heavy atom. The molecule has 134 valence electrons. The van der Waals surface area contributed by atoms with Crippen molar-refractivity contribution < 1.29 is 19.1 Å². The normalized spacial score (nSPS) is 10.4. The SMILES string of the molecule is COc1ccc(N(C(=O)/C=C/C(C)=O)C(=O)NCc2ccccc2)cc1. The highest BCUT2D eigenvalue weighted by molar-refractivity contribution is 6.19. The Labute approximate surface area is 152 Å². The summed E-state index contributed by atoms with van der Waals surface area (Å²) < 4.78 is 5.09. The van der Waals surface area contributed by atoms with E-state index in [-0.39, 0.29) is 12.3 Å². The first-order valence-electron chi connectivity index (χ1n) is 8.00. The van der Waals surface area contributed by atoms with Crippen LogP contribution in [0.3, 0.4) is 0 Å². The zero-order chi connectivity index (χ0) is 18.9. The number of ether oxygens (including phenoxy) is 1. The third-order valence-electron chi connectivity index (χ3n) is 3.50. The average molecular weight is 352 g/mol. The van der Waals surface area contributed by atoms with E-state index in [1.54, 1.807) is 24.3 Å². The van der Waals surface area contributed by atoms with Crippen LogP contribution in [0.5, 0.6) is 5.75 Å². The first-order valence-corrected chi connectivity index (χ1v) is 8.00. The van der Waals surface area contributed by atoms with Crippen LogP contribution in [0.2, 0.25) is 0 Å². The van der Waals surface area contributed by atoms with Gasteiger partial charge in [-0.1, -0.05) is 30.3 Å². The smallest absolute Gasteiger partial charge is 0.329 e. The van der Waals surface area contributed by atoms with Gasteiger partial charge in [-0.2, -0.15) is 0 Å². The van der Waals surface area contributed by atoms with Crippen molar-refractivity contribution in [2.75, 3.05) is 12.0 Å². The maximum Gasteiger partial charge on any atom is 0.329 e. The van der Waals surface area contributed by atoms with Crippen LogP contribution < -0.4 is 15.0 Å². The Hall–Kier alpha value is -3.41. The number of nitrogens with zero attached hydrogens (tertiary/aromatic N) is 1. The zero-order valence-electron chi connectivity index (χ0n) is 14.6. The summed E-state index contributed by atoms with van der Waals surface area (Å²) in [5, 5.41) is 2.71. The van der Waals surface area contributed by atoms with Crippen LogP contribution >= 0.6 is 0 Å². The molecule has 6 heteroatoms. The quantitative estimate of drug-likeness (QED) is 0.811. The fourth-order valence-corrected chi connectivity index (χ4v) is 2.19. The number of methoxy groups -OCH3 is 1. The van der Waals surface area contributed by atoms with E-state index in [9.17, 15) is 14.4 Å². The number of rotatable bonds is 6. The van der Waals surface area contributed by atoms with Gasteiger partial charge in [0.25, 0.3) is 5.91 Å². The number of carbonyl (C=O) groups is 3. The number of ketones is 1. The number of urea groups is 1. The summed E-state index contributed by atoms with van der Waals surface area (Å²) in [6, 6.07) is 15.3. The molecular formula is C20H20N2O4. The lowest BCUT2D eigenvalue weighted by Gasteiger charge is -2.20. The molecule has 1 N–H and O–H groups in total. The van der Waals surface area contributed by atoms with E-state index in [4.69, 9.17) is 4.74 Å². The molecule has 0 heterocycles. The van der Waals surface area contributed by atoms with E-state index in [1.165, 1.54) is 14.0 Å². The molecule has 2 rings (SSSR count). The standard InChI is InChI=1S/C20H20N2O4/c1-15(23)8-13-19(24)22(17-9-11-18(26-2)12-10-17)20(25)21-14-16-6-4-3-5-7-16/h3-13H,14H2,1-2H3,(H,21,25)/b13-8+. The summed E-state index contributed by atoms with van der Waals surface area (Å²) in [7, 11) is 1.53. The van der Waals surface area contributed by atoms with Gasteiger partial charge in [-0.3, -0.25) is 9.59 Å². The van der Waals surface area contributed by atoms with Crippen LogP contribution in [0.4, 0.5) is 10.5 Å². The van der Waals surface area contributed by atoms with Gasteiger partial charge in [0.2, 0.25) is 0 Å². The number of hydrogen-bond donors (Lipinski definition) is 1. The summed E-state index contributed by atoms with van der Waals surface area (Å²) in [5.41, 5.74) is 1.27. The van der Waals surface area contributed by atoms with E-state index >= 15 is 0 Å². The summed E-state index contributed by atoms with van der Waals surface area (Å²) in [6.45, 7) is 1.60. The van der Waals surface area contributed by atoms with E-state index in [2.05, 4.69) is 5.32 Å². The predicted molar refractivity (Wildman–Crippen MR) is 99.0 cm³/mol. The molecule has 3 amide bonds. The van der Waals surface area contributed by atoms with Crippen molar-refractivity contribution in [3.8, 4) is 5.75 Å². The number of nitrogens with one attached hydrogen (secondary N) is 1. The Balaban J connectivity index is 2.21. The number of anilines is 1. The lowest BCUT2D eigenvalue weighted by atomic mass is 10.2. The Bertz CT molecular complexity index is 798. The van der Waals surface area contributed by atoms with Crippen LogP contribution in [0, 0.1) is 0 Å². The number of benzene rings is 2. The largest absolute Gasteiger partial charge is 0.497 e. The molecule has 0 aliphatic carbocycles. The Morgan fingerprint density at radius 1 is 1.00 bits per heavy atom. The molecule has 2 aromatic carbocycles. The highest BCUT2D eigenvalue weighted by Crippen LogP contribution is 2.20. The van der Waals surface area contributed by atoms with E-state index in [0.717, 1.165) is 22.6 Å². The van der Waals surface area contributed by atoms with Crippen LogP contribution in [0.1, 0.15) is 12.5 Å². The molecule has 0 saturated carbocycles. The van der Waals surface area contributed by atoms with Crippen molar-refractivity contribution in [3.63, 3.8) is 0 Å². The number of amides is 3. The van der Waals surface area contributed by atoms with Gasteiger partial charge in [0.05, 0.1) is 12.8 Å². The summed E-state index contributed by atoms with van der Waals surface area (Å²) in [4.78, 5) is 37.1. The molecule has 0 aliphatic rings. The van der Waals surface area contributed by atoms with Gasteiger partial charge in [0.1, 0.15) is 5.75 Å². The fraction of sp³-hybridized carbons (Fsp3) is 0.150. The molecule has 0 aliphatic heterocycles. The van der Waals surface area contributed by atoms with Gasteiger partial charge in [-0.25, -0.2) is 9.69 Å². The molecule has 0 atom stereocenters. The lowest BCUT2D eigenvalue weighted by molar-refractivity contribution is -0.115. The van der Waals surface area contributed by atoms with E-state index in [1.807, 2.05) is 30.3 Å². The Kier molecular flexibility index (Phi) is 6.68. The first-order chi connectivity index (χ1) is 12.5. The number of carbonyl (C=O) groups excluding carboxylic acids is 3. The molecular weight excluding hydrogens is 332 g/mol. The van der Waals surface area contributed by atoms with Gasteiger partial charge < -0.3 is 10.1 Å². The van der Waals surface area contributed by atoms with Gasteiger partial charge in [-0.15, -0.1) is 0 Å². The second-order valence-electron chi connectivity index (χ2n) is 5.46.